The van der Waals surface area contributed by atoms with Crippen LogP contribution in [0.4, 0.5) is 10.1 Å². The van der Waals surface area contributed by atoms with Crippen LogP contribution < -0.4 is 4.90 Å². The lowest BCUT2D eigenvalue weighted by Gasteiger charge is -2.26. The molecule has 2 aromatic rings. The number of pyridine rings is 1. The number of anilines is 1. The van der Waals surface area contributed by atoms with Gasteiger partial charge in [-0.3, -0.25) is 4.98 Å². The summed E-state index contributed by atoms with van der Waals surface area (Å²) >= 11 is 0. The lowest BCUT2D eigenvalue weighted by Crippen LogP contribution is -2.25. The van der Waals surface area contributed by atoms with Gasteiger partial charge in [0.05, 0.1) is 19.1 Å². The molecule has 5 heteroatoms. The molecule has 0 aliphatic carbocycles. The summed E-state index contributed by atoms with van der Waals surface area (Å²) in [5, 5.41) is 18.2. The molecule has 2 rings (SSSR count). The Morgan fingerprint density at radius 3 is 2.86 bits per heavy atom. The van der Waals surface area contributed by atoms with Crippen LogP contribution in [0, 0.1) is 17.1 Å². The number of nitrogens with zero attached hydrogens (tertiary/aromatic N) is 3. The van der Waals surface area contributed by atoms with Gasteiger partial charge in [-0.15, -0.1) is 0 Å². The van der Waals surface area contributed by atoms with E-state index >= 15 is 0 Å². The molecule has 0 bridgehead atoms. The van der Waals surface area contributed by atoms with Gasteiger partial charge in [-0.05, 0) is 29.8 Å². The van der Waals surface area contributed by atoms with Crippen LogP contribution in [0.5, 0.6) is 0 Å². The van der Waals surface area contributed by atoms with Crippen molar-refractivity contribution in [1.82, 2.24) is 4.98 Å². The van der Waals surface area contributed by atoms with Crippen molar-refractivity contribution in [2.45, 2.75) is 19.6 Å². The summed E-state index contributed by atoms with van der Waals surface area (Å²) in [6.45, 7) is 0.807. The topological polar surface area (TPSA) is 60.2 Å². The number of hydrogen-bond acceptors (Lipinski definition) is 4. The molecule has 21 heavy (non-hydrogen) atoms. The van der Waals surface area contributed by atoms with E-state index in [1.807, 2.05) is 17.0 Å². The highest BCUT2D eigenvalue weighted by molar-refractivity contribution is 5.54. The monoisotopic (exact) mass is 285 g/mol. The summed E-state index contributed by atoms with van der Waals surface area (Å²) in [5.41, 5.74) is 2.23. The van der Waals surface area contributed by atoms with Gasteiger partial charge in [0.1, 0.15) is 5.82 Å². The molecule has 0 aliphatic rings. The fourth-order valence-corrected chi connectivity index (χ4v) is 2.17. The van der Waals surface area contributed by atoms with Crippen molar-refractivity contribution in [2.75, 3.05) is 11.4 Å². The SMILES string of the molecule is N#CCCN(Cc1cccnc1)c1ccc(F)cc1CO. The first kappa shape index (κ1) is 14.9. The molecule has 0 fully saturated rings. The average molecular weight is 285 g/mol. The summed E-state index contributed by atoms with van der Waals surface area (Å²) in [6.07, 6.45) is 3.80. The third kappa shape index (κ3) is 4.01. The van der Waals surface area contributed by atoms with Gasteiger partial charge >= 0.3 is 0 Å². The molecule has 0 saturated heterocycles. The summed E-state index contributed by atoms with van der Waals surface area (Å²) in [5.74, 6) is -0.385. The second-order valence-electron chi connectivity index (χ2n) is 4.62. The van der Waals surface area contributed by atoms with Gasteiger partial charge in [-0.25, -0.2) is 4.39 Å². The summed E-state index contributed by atoms with van der Waals surface area (Å²) in [4.78, 5) is 6.02. The minimum Gasteiger partial charge on any atom is -0.392 e. The highest BCUT2D eigenvalue weighted by Crippen LogP contribution is 2.24. The first-order valence-electron chi connectivity index (χ1n) is 6.64. The van der Waals surface area contributed by atoms with E-state index < -0.39 is 0 Å². The first-order valence-corrected chi connectivity index (χ1v) is 6.64. The molecule has 4 nitrogen and oxygen atoms in total. The Morgan fingerprint density at radius 1 is 1.33 bits per heavy atom. The second-order valence-corrected chi connectivity index (χ2v) is 4.62. The van der Waals surface area contributed by atoms with E-state index in [9.17, 15) is 9.50 Å². The third-order valence-corrected chi connectivity index (χ3v) is 3.14. The molecule has 0 atom stereocenters. The van der Waals surface area contributed by atoms with Gasteiger partial charge in [0, 0.05) is 36.7 Å². The summed E-state index contributed by atoms with van der Waals surface area (Å²) in [6, 6.07) is 10.2. The number of benzene rings is 1. The maximum atomic E-state index is 13.3. The normalized spacial score (nSPS) is 10.1. The predicted molar refractivity (Wildman–Crippen MR) is 77.8 cm³/mol. The molecule has 1 N–H and O–H groups in total. The number of aliphatic hydroxyl groups excluding tert-OH is 1. The number of aromatic nitrogens is 1. The van der Waals surface area contributed by atoms with Crippen molar-refractivity contribution in [3.8, 4) is 6.07 Å². The van der Waals surface area contributed by atoms with Crippen molar-refractivity contribution in [1.29, 1.82) is 5.26 Å². The third-order valence-electron chi connectivity index (χ3n) is 3.14. The Kier molecular flexibility index (Phi) is 5.24. The zero-order valence-electron chi connectivity index (χ0n) is 11.5. The van der Waals surface area contributed by atoms with E-state index in [-0.39, 0.29) is 12.4 Å². The van der Waals surface area contributed by atoms with Gasteiger partial charge in [0.25, 0.3) is 0 Å². The smallest absolute Gasteiger partial charge is 0.123 e. The molecular formula is C16H16FN3O. The van der Waals surface area contributed by atoms with E-state index in [1.165, 1.54) is 12.1 Å². The molecule has 0 radical (unpaired) electrons. The second kappa shape index (κ2) is 7.36. The van der Waals surface area contributed by atoms with Crippen molar-refractivity contribution in [3.63, 3.8) is 0 Å². The predicted octanol–water partition coefficient (Wildman–Crippen LogP) is 2.63. The fraction of sp³-hybridized carbons (Fsp3) is 0.250. The van der Waals surface area contributed by atoms with E-state index in [0.29, 0.717) is 25.1 Å². The van der Waals surface area contributed by atoms with Crippen molar-refractivity contribution in [2.24, 2.45) is 0 Å². The lowest BCUT2D eigenvalue weighted by atomic mass is 10.1. The number of rotatable bonds is 6. The quantitative estimate of drug-likeness (QED) is 0.886. The van der Waals surface area contributed by atoms with Crippen molar-refractivity contribution < 1.29 is 9.50 Å². The van der Waals surface area contributed by atoms with Crippen LogP contribution in [0.25, 0.3) is 0 Å². The molecular weight excluding hydrogens is 269 g/mol. The van der Waals surface area contributed by atoms with Crippen LogP contribution in [0.3, 0.4) is 0 Å². The highest BCUT2D eigenvalue weighted by atomic mass is 19.1. The summed E-state index contributed by atoms with van der Waals surface area (Å²) in [7, 11) is 0. The van der Waals surface area contributed by atoms with E-state index in [0.717, 1.165) is 11.3 Å². The molecule has 1 aromatic heterocycles. The summed E-state index contributed by atoms with van der Waals surface area (Å²) < 4.78 is 13.3. The molecule has 0 amide bonds. The van der Waals surface area contributed by atoms with Crippen LogP contribution in [0.2, 0.25) is 0 Å². The lowest BCUT2D eigenvalue weighted by molar-refractivity contribution is 0.281. The highest BCUT2D eigenvalue weighted by Gasteiger charge is 2.12. The molecule has 0 unspecified atom stereocenters. The average Bonchev–Trinajstić information content (AvgIpc) is 2.52. The molecule has 0 spiro atoms. The van der Waals surface area contributed by atoms with Crippen LogP contribution in [0.15, 0.2) is 42.7 Å². The van der Waals surface area contributed by atoms with Gasteiger partial charge in [0.15, 0.2) is 0 Å². The maximum Gasteiger partial charge on any atom is 0.123 e. The van der Waals surface area contributed by atoms with Gasteiger partial charge in [-0.1, -0.05) is 6.07 Å². The fourth-order valence-electron chi connectivity index (χ4n) is 2.17. The molecule has 1 heterocycles. The largest absolute Gasteiger partial charge is 0.392 e. The molecule has 1 aromatic carbocycles. The number of nitriles is 1. The number of hydrogen-bond donors (Lipinski definition) is 1. The number of halogens is 1. The molecule has 108 valence electrons. The van der Waals surface area contributed by atoms with Crippen molar-refractivity contribution >= 4 is 5.69 Å². The molecule has 0 saturated carbocycles. The van der Waals surface area contributed by atoms with Crippen LogP contribution in [-0.4, -0.2) is 16.6 Å². The van der Waals surface area contributed by atoms with Crippen LogP contribution >= 0.6 is 0 Å². The Labute approximate surface area is 123 Å². The van der Waals surface area contributed by atoms with Gasteiger partial charge < -0.3 is 10.0 Å². The van der Waals surface area contributed by atoms with Gasteiger partial charge in [-0.2, -0.15) is 5.26 Å². The van der Waals surface area contributed by atoms with Crippen LogP contribution in [-0.2, 0) is 13.2 Å². The van der Waals surface area contributed by atoms with Crippen molar-refractivity contribution in [3.05, 3.63) is 59.7 Å². The minimum atomic E-state index is -0.385. The maximum absolute atomic E-state index is 13.3. The Bertz CT molecular complexity index is 625. The Balaban J connectivity index is 2.29. The number of aliphatic hydroxyl groups is 1. The van der Waals surface area contributed by atoms with Crippen LogP contribution in [0.1, 0.15) is 17.5 Å². The zero-order chi connectivity index (χ0) is 15.1. The zero-order valence-corrected chi connectivity index (χ0v) is 11.5. The Morgan fingerprint density at radius 2 is 2.19 bits per heavy atom. The molecule has 0 aliphatic heterocycles. The Hall–Kier alpha value is -2.45. The van der Waals surface area contributed by atoms with E-state index in [4.69, 9.17) is 5.26 Å². The minimum absolute atomic E-state index is 0.247. The van der Waals surface area contributed by atoms with Gasteiger partial charge in [0.2, 0.25) is 0 Å². The van der Waals surface area contributed by atoms with E-state index in [1.54, 1.807) is 18.5 Å². The standard InChI is InChI=1S/C16H16FN3O/c17-15-4-5-16(14(9-15)12-21)20(8-2-6-18)11-13-3-1-7-19-10-13/h1,3-5,7,9-10,21H,2,8,11-12H2. The first-order chi connectivity index (χ1) is 10.2. The van der Waals surface area contributed by atoms with E-state index in [2.05, 4.69) is 11.1 Å².